The van der Waals surface area contributed by atoms with Gasteiger partial charge in [0.05, 0.1) is 0 Å². The predicted molar refractivity (Wildman–Crippen MR) is 64.6 cm³/mol. The summed E-state index contributed by atoms with van der Waals surface area (Å²) >= 11 is 1.55. The molecule has 15 heavy (non-hydrogen) atoms. The van der Waals surface area contributed by atoms with Gasteiger partial charge in [-0.3, -0.25) is 0 Å². The van der Waals surface area contributed by atoms with Crippen molar-refractivity contribution < 1.29 is 4.39 Å². The largest absolute Gasteiger partial charge is 0.329 e. The molecule has 2 unspecified atom stereocenters. The summed E-state index contributed by atoms with van der Waals surface area (Å²) in [4.78, 5) is 0.702. The summed E-state index contributed by atoms with van der Waals surface area (Å²) in [6.07, 6.45) is 1.07. The molecule has 84 valence electrons. The molecule has 1 rings (SSSR count). The van der Waals surface area contributed by atoms with E-state index in [0.717, 1.165) is 6.42 Å². The second-order valence-corrected chi connectivity index (χ2v) is 4.99. The van der Waals surface area contributed by atoms with Crippen LogP contribution >= 0.6 is 11.8 Å². The van der Waals surface area contributed by atoms with Gasteiger partial charge in [0.15, 0.2) is 0 Å². The third kappa shape index (κ3) is 3.50. The Morgan fingerprint density at radius 3 is 2.60 bits per heavy atom. The lowest BCUT2D eigenvalue weighted by Crippen LogP contribution is -2.23. The number of benzene rings is 1. The highest BCUT2D eigenvalue weighted by Gasteiger charge is 2.16. The minimum Gasteiger partial charge on any atom is -0.329 e. The Labute approximate surface area is 95.2 Å². The van der Waals surface area contributed by atoms with Crippen LogP contribution in [0.3, 0.4) is 0 Å². The first-order chi connectivity index (χ1) is 7.19. The van der Waals surface area contributed by atoms with Crippen LogP contribution in [0.2, 0.25) is 0 Å². The van der Waals surface area contributed by atoms with Gasteiger partial charge in [-0.05, 0) is 18.1 Å². The Morgan fingerprint density at radius 1 is 1.40 bits per heavy atom. The highest BCUT2D eigenvalue weighted by Crippen LogP contribution is 2.30. The maximum Gasteiger partial charge on any atom is 0.136 e. The van der Waals surface area contributed by atoms with Crippen molar-refractivity contribution in [2.24, 2.45) is 11.7 Å². The molecule has 0 aromatic heterocycles. The molecule has 2 N–H and O–H groups in total. The van der Waals surface area contributed by atoms with Crippen LogP contribution in [0.4, 0.5) is 4.39 Å². The molecule has 0 amide bonds. The molecule has 0 aliphatic carbocycles. The van der Waals surface area contributed by atoms with Crippen LogP contribution in [0.5, 0.6) is 0 Å². The van der Waals surface area contributed by atoms with E-state index in [9.17, 15) is 4.39 Å². The zero-order valence-electron chi connectivity index (χ0n) is 9.24. The molecule has 3 heteroatoms. The van der Waals surface area contributed by atoms with Crippen LogP contribution in [0.15, 0.2) is 29.2 Å². The molecule has 0 aliphatic rings. The minimum atomic E-state index is -0.149. The highest BCUT2D eigenvalue weighted by molar-refractivity contribution is 8.00. The Bertz CT molecular complexity index is 303. The molecule has 0 radical (unpaired) electrons. The molecule has 0 saturated heterocycles. The SMILES string of the molecule is CCC(C)C(CN)Sc1ccccc1F. The summed E-state index contributed by atoms with van der Waals surface area (Å²) in [5.41, 5.74) is 5.70. The quantitative estimate of drug-likeness (QED) is 0.781. The number of thioether (sulfide) groups is 1. The standard InChI is InChI=1S/C12H18FNS/c1-3-9(2)12(8-14)15-11-7-5-4-6-10(11)13/h4-7,9,12H,3,8,14H2,1-2H3. The summed E-state index contributed by atoms with van der Waals surface area (Å²) in [6, 6.07) is 6.87. The van der Waals surface area contributed by atoms with E-state index in [-0.39, 0.29) is 5.82 Å². The molecule has 0 aliphatic heterocycles. The van der Waals surface area contributed by atoms with Crippen LogP contribution in [0.25, 0.3) is 0 Å². The van der Waals surface area contributed by atoms with Gasteiger partial charge in [0.2, 0.25) is 0 Å². The Balaban J connectivity index is 2.71. The summed E-state index contributed by atoms with van der Waals surface area (Å²) < 4.78 is 13.4. The van der Waals surface area contributed by atoms with Crippen LogP contribution in [0, 0.1) is 11.7 Å². The Kier molecular flexibility index (Phi) is 5.12. The average Bonchev–Trinajstić information content (AvgIpc) is 2.27. The number of nitrogens with two attached hydrogens (primary N) is 1. The zero-order chi connectivity index (χ0) is 11.3. The molecular formula is C12H18FNS. The van der Waals surface area contributed by atoms with Gasteiger partial charge < -0.3 is 5.73 Å². The maximum absolute atomic E-state index is 13.4. The van der Waals surface area contributed by atoms with Crippen molar-refractivity contribution in [2.45, 2.75) is 30.4 Å². The van der Waals surface area contributed by atoms with Crippen molar-refractivity contribution in [1.82, 2.24) is 0 Å². The minimum absolute atomic E-state index is 0.149. The van der Waals surface area contributed by atoms with Crippen LogP contribution in [-0.2, 0) is 0 Å². The van der Waals surface area contributed by atoms with E-state index in [2.05, 4.69) is 13.8 Å². The summed E-state index contributed by atoms with van der Waals surface area (Å²) in [6.45, 7) is 4.88. The number of hydrogen-bond donors (Lipinski definition) is 1. The van der Waals surface area contributed by atoms with Gasteiger partial charge in [0.1, 0.15) is 5.82 Å². The maximum atomic E-state index is 13.4. The van der Waals surface area contributed by atoms with E-state index in [0.29, 0.717) is 22.6 Å². The van der Waals surface area contributed by atoms with E-state index >= 15 is 0 Å². The summed E-state index contributed by atoms with van der Waals surface area (Å²) in [5, 5.41) is 0.298. The topological polar surface area (TPSA) is 26.0 Å². The molecule has 1 aromatic carbocycles. The molecule has 0 bridgehead atoms. The lowest BCUT2D eigenvalue weighted by atomic mass is 10.1. The lowest BCUT2D eigenvalue weighted by molar-refractivity contribution is 0.536. The summed E-state index contributed by atoms with van der Waals surface area (Å²) in [5.74, 6) is 0.365. The number of rotatable bonds is 5. The smallest absolute Gasteiger partial charge is 0.136 e. The van der Waals surface area contributed by atoms with Crippen molar-refractivity contribution in [1.29, 1.82) is 0 Å². The number of halogens is 1. The van der Waals surface area contributed by atoms with E-state index < -0.39 is 0 Å². The molecule has 1 aromatic rings. The Hall–Kier alpha value is -0.540. The van der Waals surface area contributed by atoms with Gasteiger partial charge in [-0.15, -0.1) is 11.8 Å². The van der Waals surface area contributed by atoms with Crippen LogP contribution in [-0.4, -0.2) is 11.8 Å². The van der Waals surface area contributed by atoms with E-state index in [4.69, 9.17) is 5.73 Å². The van der Waals surface area contributed by atoms with Gasteiger partial charge in [-0.2, -0.15) is 0 Å². The van der Waals surface area contributed by atoms with Crippen LogP contribution < -0.4 is 5.73 Å². The highest BCUT2D eigenvalue weighted by atomic mass is 32.2. The Morgan fingerprint density at radius 2 is 2.07 bits per heavy atom. The van der Waals surface area contributed by atoms with Gasteiger partial charge in [0, 0.05) is 16.7 Å². The second kappa shape index (κ2) is 6.13. The normalized spacial score (nSPS) is 14.9. The third-order valence-corrected chi connectivity index (χ3v) is 4.17. The van der Waals surface area contributed by atoms with E-state index in [1.165, 1.54) is 6.07 Å². The fourth-order valence-corrected chi connectivity index (χ4v) is 2.55. The van der Waals surface area contributed by atoms with Gasteiger partial charge in [-0.1, -0.05) is 32.4 Å². The average molecular weight is 227 g/mol. The van der Waals surface area contributed by atoms with Crippen molar-refractivity contribution in [3.05, 3.63) is 30.1 Å². The number of hydrogen-bond acceptors (Lipinski definition) is 2. The monoisotopic (exact) mass is 227 g/mol. The fraction of sp³-hybridized carbons (Fsp3) is 0.500. The van der Waals surface area contributed by atoms with E-state index in [1.54, 1.807) is 17.8 Å². The van der Waals surface area contributed by atoms with Crippen molar-refractivity contribution in [3.63, 3.8) is 0 Å². The first kappa shape index (κ1) is 12.5. The predicted octanol–water partition coefficient (Wildman–Crippen LogP) is 3.29. The molecule has 1 nitrogen and oxygen atoms in total. The molecular weight excluding hydrogens is 209 g/mol. The zero-order valence-corrected chi connectivity index (χ0v) is 10.1. The lowest BCUT2D eigenvalue weighted by Gasteiger charge is -2.20. The van der Waals surface area contributed by atoms with Crippen molar-refractivity contribution in [2.75, 3.05) is 6.54 Å². The first-order valence-electron chi connectivity index (χ1n) is 5.30. The first-order valence-corrected chi connectivity index (χ1v) is 6.18. The molecule has 0 heterocycles. The van der Waals surface area contributed by atoms with Crippen LogP contribution in [0.1, 0.15) is 20.3 Å². The molecule has 0 fully saturated rings. The molecule has 0 spiro atoms. The summed E-state index contributed by atoms with van der Waals surface area (Å²) in [7, 11) is 0. The third-order valence-electron chi connectivity index (χ3n) is 2.63. The van der Waals surface area contributed by atoms with Gasteiger partial charge >= 0.3 is 0 Å². The van der Waals surface area contributed by atoms with Crippen molar-refractivity contribution >= 4 is 11.8 Å². The van der Waals surface area contributed by atoms with E-state index in [1.807, 2.05) is 12.1 Å². The second-order valence-electron chi connectivity index (χ2n) is 3.71. The molecule has 2 atom stereocenters. The van der Waals surface area contributed by atoms with Gasteiger partial charge in [-0.25, -0.2) is 4.39 Å². The van der Waals surface area contributed by atoms with Gasteiger partial charge in [0.25, 0.3) is 0 Å². The fourth-order valence-electron chi connectivity index (χ4n) is 1.36. The molecule has 0 saturated carbocycles. The van der Waals surface area contributed by atoms with Crippen molar-refractivity contribution in [3.8, 4) is 0 Å².